The molecule has 2 aromatic carbocycles. The molecule has 9 nitrogen and oxygen atoms in total. The summed E-state index contributed by atoms with van der Waals surface area (Å²) in [4.78, 5) is 25.0. The van der Waals surface area contributed by atoms with Gasteiger partial charge in [-0.25, -0.2) is 29.2 Å². The zero-order chi connectivity index (χ0) is 24.1. The topological polar surface area (TPSA) is 126 Å². The molecule has 2 aromatic heterocycles. The molecule has 2 amide bonds. The fourth-order valence-corrected chi connectivity index (χ4v) is 4.02. The highest BCUT2D eigenvalue weighted by atomic mass is 35.5. The lowest BCUT2D eigenvalue weighted by Gasteiger charge is -2.12. The van der Waals surface area contributed by atoms with Crippen LogP contribution in [0.2, 0.25) is 10.2 Å². The maximum atomic E-state index is 12.5. The van der Waals surface area contributed by atoms with Gasteiger partial charge in [0, 0.05) is 11.1 Å². The summed E-state index contributed by atoms with van der Waals surface area (Å²) in [7, 11) is -4.39. The van der Waals surface area contributed by atoms with E-state index in [1.807, 2.05) is 65.4 Å². The molecule has 12 heteroatoms. The molecule has 0 saturated heterocycles. The molecule has 4 aromatic rings. The van der Waals surface area contributed by atoms with Gasteiger partial charge in [-0.1, -0.05) is 83.9 Å². The Morgan fingerprint density at radius 2 is 1.32 bits per heavy atom. The van der Waals surface area contributed by atoms with Crippen LogP contribution in [0.1, 0.15) is 0 Å². The number of benzene rings is 2. The minimum absolute atomic E-state index is 0.00146. The molecule has 0 atom stereocenters. The third kappa shape index (κ3) is 5.98. The number of anilines is 2. The zero-order valence-corrected chi connectivity index (χ0v) is 19.6. The lowest BCUT2D eigenvalue weighted by Crippen LogP contribution is -2.38. The normalized spacial score (nSPS) is 11.0. The first-order valence-corrected chi connectivity index (χ1v) is 12.0. The maximum Gasteiger partial charge on any atom is 0.336 e. The van der Waals surface area contributed by atoms with Crippen molar-refractivity contribution in [2.75, 3.05) is 10.0 Å². The second kappa shape index (κ2) is 10.0. The molecule has 0 saturated carbocycles. The number of halogens is 2. The van der Waals surface area contributed by atoms with Gasteiger partial charge in [0.15, 0.2) is 5.82 Å². The Balaban J connectivity index is 1.58. The minimum Gasteiger partial charge on any atom is -0.275 e. The molecule has 0 aliphatic carbocycles. The fourth-order valence-electron chi connectivity index (χ4n) is 2.91. The van der Waals surface area contributed by atoms with E-state index in [0.717, 1.165) is 11.1 Å². The predicted octanol–water partition coefficient (Wildman–Crippen LogP) is 4.99. The summed E-state index contributed by atoms with van der Waals surface area (Å²) in [6.07, 6.45) is 0. The largest absolute Gasteiger partial charge is 0.336 e. The van der Waals surface area contributed by atoms with Gasteiger partial charge < -0.3 is 0 Å². The van der Waals surface area contributed by atoms with Crippen LogP contribution in [0.4, 0.5) is 16.6 Å². The highest BCUT2D eigenvalue weighted by molar-refractivity contribution is 7.91. The quantitative estimate of drug-likeness (QED) is 0.311. The van der Waals surface area contributed by atoms with E-state index in [9.17, 15) is 13.2 Å². The first kappa shape index (κ1) is 23.4. The minimum atomic E-state index is -4.39. The third-order valence-electron chi connectivity index (χ3n) is 4.36. The smallest absolute Gasteiger partial charge is 0.275 e. The summed E-state index contributed by atoms with van der Waals surface area (Å²) in [5.41, 5.74) is 2.67. The van der Waals surface area contributed by atoms with Crippen LogP contribution in [0, 0.1) is 0 Å². The van der Waals surface area contributed by atoms with Gasteiger partial charge in [-0.05, 0) is 18.2 Å². The van der Waals surface area contributed by atoms with E-state index in [0.29, 0.717) is 11.4 Å². The summed E-state index contributed by atoms with van der Waals surface area (Å²) in [6.45, 7) is 0. The lowest BCUT2D eigenvalue weighted by molar-refractivity contribution is 0.256. The Bertz CT molecular complexity index is 1380. The molecule has 0 bridgehead atoms. The molecule has 4 rings (SSSR count). The molecule has 0 spiro atoms. The highest BCUT2D eigenvalue weighted by Crippen LogP contribution is 2.25. The van der Waals surface area contributed by atoms with E-state index in [2.05, 4.69) is 25.0 Å². The van der Waals surface area contributed by atoms with Crippen molar-refractivity contribution in [1.29, 1.82) is 0 Å². The van der Waals surface area contributed by atoms with Gasteiger partial charge in [0.1, 0.15) is 5.15 Å². The third-order valence-corrected chi connectivity index (χ3v) is 5.79. The zero-order valence-electron chi connectivity index (χ0n) is 17.2. The molecule has 0 aliphatic heterocycles. The lowest BCUT2D eigenvalue weighted by atomic mass is 10.1. The predicted molar refractivity (Wildman–Crippen MR) is 132 cm³/mol. The molecule has 3 N–H and O–H groups in total. The van der Waals surface area contributed by atoms with Gasteiger partial charge in [-0.3, -0.25) is 5.32 Å². The van der Waals surface area contributed by atoms with Crippen molar-refractivity contribution in [2.24, 2.45) is 0 Å². The van der Waals surface area contributed by atoms with Crippen molar-refractivity contribution in [2.45, 2.75) is 0 Å². The second-order valence-corrected chi connectivity index (χ2v) is 9.03. The van der Waals surface area contributed by atoms with Crippen molar-refractivity contribution in [3.05, 3.63) is 89.0 Å². The van der Waals surface area contributed by atoms with Gasteiger partial charge >= 0.3 is 16.2 Å². The summed E-state index contributed by atoms with van der Waals surface area (Å²) >= 11 is 11.7. The van der Waals surface area contributed by atoms with Gasteiger partial charge in [-0.15, -0.1) is 0 Å². The average Bonchev–Trinajstić information content (AvgIpc) is 2.81. The Morgan fingerprint density at radius 1 is 0.765 bits per heavy atom. The molecular formula is C22H16Cl2N6O3S. The van der Waals surface area contributed by atoms with E-state index < -0.39 is 16.2 Å². The van der Waals surface area contributed by atoms with E-state index in [1.54, 1.807) is 6.07 Å². The number of carbonyl (C=O) groups is 1. The Kier molecular flexibility index (Phi) is 6.92. The van der Waals surface area contributed by atoms with Gasteiger partial charge in [0.2, 0.25) is 5.95 Å². The standard InChI is InChI=1S/C22H16Cl2N6O3S/c23-16-11-12-19(24)27-20(16)29-34(32,33)30-22(31)28-21-25-17(14-7-3-1-4-8-14)13-18(26-21)15-9-5-2-6-10-15/h1-13H,(H,27,29)(H2,25,26,28,30,31). The fraction of sp³-hybridized carbons (Fsp3) is 0. The Labute approximate surface area is 205 Å². The van der Waals surface area contributed by atoms with E-state index in [1.165, 1.54) is 12.1 Å². The Morgan fingerprint density at radius 3 is 1.88 bits per heavy atom. The molecule has 34 heavy (non-hydrogen) atoms. The maximum absolute atomic E-state index is 12.5. The first-order chi connectivity index (χ1) is 16.3. The molecule has 0 radical (unpaired) electrons. The number of hydrogen-bond acceptors (Lipinski definition) is 6. The Hall–Kier alpha value is -3.73. The van der Waals surface area contributed by atoms with Crippen molar-refractivity contribution in [3.8, 4) is 22.5 Å². The summed E-state index contributed by atoms with van der Waals surface area (Å²) in [5.74, 6) is -0.324. The second-order valence-electron chi connectivity index (χ2n) is 6.82. The number of nitrogens with one attached hydrogen (secondary N) is 3. The van der Waals surface area contributed by atoms with Crippen LogP contribution in [0.5, 0.6) is 0 Å². The van der Waals surface area contributed by atoms with Crippen LogP contribution >= 0.6 is 23.2 Å². The van der Waals surface area contributed by atoms with E-state index in [4.69, 9.17) is 23.2 Å². The van der Waals surface area contributed by atoms with Crippen LogP contribution < -0.4 is 14.8 Å². The van der Waals surface area contributed by atoms with Crippen molar-refractivity contribution in [3.63, 3.8) is 0 Å². The summed E-state index contributed by atoms with van der Waals surface area (Å²) < 4.78 is 28.6. The number of urea groups is 1. The summed E-state index contributed by atoms with van der Waals surface area (Å²) in [5, 5.41) is 2.38. The van der Waals surface area contributed by atoms with Gasteiger partial charge in [0.25, 0.3) is 0 Å². The molecule has 2 heterocycles. The number of hydrogen-bond donors (Lipinski definition) is 3. The van der Waals surface area contributed by atoms with E-state index in [-0.39, 0.29) is 21.9 Å². The molecule has 0 unspecified atom stereocenters. The SMILES string of the molecule is O=C(Nc1nc(-c2ccccc2)cc(-c2ccccc2)n1)NS(=O)(=O)Nc1nc(Cl)ccc1Cl. The average molecular weight is 515 g/mol. The number of amides is 2. The number of rotatable bonds is 6. The van der Waals surface area contributed by atoms with Crippen LogP contribution in [-0.4, -0.2) is 29.4 Å². The van der Waals surface area contributed by atoms with Crippen LogP contribution in [0.25, 0.3) is 22.5 Å². The molecular weight excluding hydrogens is 499 g/mol. The summed E-state index contributed by atoms with van der Waals surface area (Å²) in [6, 6.07) is 22.0. The van der Waals surface area contributed by atoms with Gasteiger partial charge in [-0.2, -0.15) is 8.42 Å². The number of nitrogens with zero attached hydrogens (tertiary/aromatic N) is 3. The molecule has 0 aliphatic rings. The number of aromatic nitrogens is 3. The van der Waals surface area contributed by atoms with Crippen LogP contribution in [-0.2, 0) is 10.2 Å². The highest BCUT2D eigenvalue weighted by Gasteiger charge is 2.19. The van der Waals surface area contributed by atoms with Crippen LogP contribution in [0.3, 0.4) is 0 Å². The van der Waals surface area contributed by atoms with Crippen molar-refractivity contribution >= 4 is 51.2 Å². The number of carbonyl (C=O) groups excluding carboxylic acids is 1. The van der Waals surface area contributed by atoms with Crippen molar-refractivity contribution < 1.29 is 13.2 Å². The number of pyridine rings is 1. The van der Waals surface area contributed by atoms with Gasteiger partial charge in [0.05, 0.1) is 16.4 Å². The van der Waals surface area contributed by atoms with E-state index >= 15 is 0 Å². The molecule has 0 fully saturated rings. The first-order valence-electron chi connectivity index (χ1n) is 9.72. The molecule has 172 valence electrons. The monoisotopic (exact) mass is 514 g/mol. The van der Waals surface area contributed by atoms with Crippen molar-refractivity contribution in [1.82, 2.24) is 19.7 Å². The van der Waals surface area contributed by atoms with Crippen LogP contribution in [0.15, 0.2) is 78.9 Å².